The quantitative estimate of drug-likeness (QED) is 0.459. The molecule has 158 valence electrons. The summed E-state index contributed by atoms with van der Waals surface area (Å²) >= 11 is 15.1. The molecule has 1 amide bonds. The molecule has 0 unspecified atom stereocenters. The van der Waals surface area contributed by atoms with Crippen molar-refractivity contribution in [3.05, 3.63) is 33.8 Å². The standard InChI is InChI=1S/C17H20Cl2N4O3S3/c1-2-27-17-22-21-16(28-17)20-15(24)11-5-4-8-23(9-11)29(25,26)10-12-13(18)6-3-7-14(12)19/h3,6-7,11H,2,4-5,8-10H2,1H3,(H,20,21,24)/t11-/m0/s1. The fraction of sp³-hybridized carbons (Fsp3) is 0.471. The number of amides is 1. The van der Waals surface area contributed by atoms with Crippen molar-refractivity contribution in [3.8, 4) is 0 Å². The van der Waals surface area contributed by atoms with E-state index in [9.17, 15) is 13.2 Å². The summed E-state index contributed by atoms with van der Waals surface area (Å²) in [6.07, 6.45) is 1.21. The Morgan fingerprint density at radius 2 is 2.07 bits per heavy atom. The normalized spacial score (nSPS) is 18.0. The number of hydrogen-bond acceptors (Lipinski definition) is 7. The lowest BCUT2D eigenvalue weighted by atomic mass is 9.99. The first kappa shape index (κ1) is 22.8. The average Bonchev–Trinajstić information content (AvgIpc) is 3.12. The average molecular weight is 495 g/mol. The van der Waals surface area contributed by atoms with Crippen molar-refractivity contribution in [3.63, 3.8) is 0 Å². The van der Waals surface area contributed by atoms with Crippen LogP contribution in [0.5, 0.6) is 0 Å². The monoisotopic (exact) mass is 494 g/mol. The van der Waals surface area contributed by atoms with Gasteiger partial charge in [-0.15, -0.1) is 10.2 Å². The van der Waals surface area contributed by atoms with Crippen LogP contribution >= 0.6 is 46.3 Å². The molecule has 0 spiro atoms. The number of hydrogen-bond donors (Lipinski definition) is 1. The maximum absolute atomic E-state index is 12.9. The van der Waals surface area contributed by atoms with Crippen LogP contribution in [0, 0.1) is 5.92 Å². The van der Waals surface area contributed by atoms with Gasteiger partial charge in [-0.25, -0.2) is 12.7 Å². The molecule has 0 bridgehead atoms. The third kappa shape index (κ3) is 5.83. The van der Waals surface area contributed by atoms with Crippen molar-refractivity contribution in [1.82, 2.24) is 14.5 Å². The molecular formula is C17H20Cl2N4O3S3. The molecule has 0 saturated carbocycles. The second-order valence-electron chi connectivity index (χ2n) is 6.45. The minimum Gasteiger partial charge on any atom is -0.300 e. The molecule has 2 heterocycles. The number of nitrogens with one attached hydrogen (secondary N) is 1. The second kappa shape index (κ2) is 9.93. The highest BCUT2D eigenvalue weighted by atomic mass is 35.5. The molecule has 1 atom stereocenters. The summed E-state index contributed by atoms with van der Waals surface area (Å²) in [4.78, 5) is 12.6. The first-order chi connectivity index (χ1) is 13.8. The van der Waals surface area contributed by atoms with E-state index in [-0.39, 0.29) is 18.2 Å². The van der Waals surface area contributed by atoms with Crippen molar-refractivity contribution in [2.45, 2.75) is 29.9 Å². The number of aromatic nitrogens is 2. The number of piperidine rings is 1. The zero-order valence-corrected chi connectivity index (χ0v) is 19.6. The van der Waals surface area contributed by atoms with E-state index in [4.69, 9.17) is 23.2 Å². The van der Waals surface area contributed by atoms with Crippen LogP contribution in [0.1, 0.15) is 25.3 Å². The van der Waals surface area contributed by atoms with Crippen LogP contribution in [0.25, 0.3) is 0 Å². The summed E-state index contributed by atoms with van der Waals surface area (Å²) in [5.74, 6) is -0.127. The Morgan fingerprint density at radius 1 is 1.34 bits per heavy atom. The summed E-state index contributed by atoms with van der Waals surface area (Å²) in [5.41, 5.74) is 0.372. The molecule has 1 saturated heterocycles. The molecule has 1 fully saturated rings. The van der Waals surface area contributed by atoms with Gasteiger partial charge in [0, 0.05) is 28.7 Å². The smallest absolute Gasteiger partial charge is 0.230 e. The zero-order valence-electron chi connectivity index (χ0n) is 15.6. The maximum Gasteiger partial charge on any atom is 0.230 e. The minimum absolute atomic E-state index is 0.117. The van der Waals surface area contributed by atoms with E-state index in [0.717, 1.165) is 10.1 Å². The third-order valence-corrected chi connectivity index (χ3v) is 8.78. The largest absolute Gasteiger partial charge is 0.300 e. The van der Waals surface area contributed by atoms with Gasteiger partial charge in [-0.2, -0.15) is 0 Å². The molecule has 2 aromatic rings. The van der Waals surface area contributed by atoms with E-state index < -0.39 is 15.9 Å². The predicted octanol–water partition coefficient (Wildman–Crippen LogP) is 4.14. The molecule has 29 heavy (non-hydrogen) atoms. The van der Waals surface area contributed by atoms with Crippen LogP contribution in [0.15, 0.2) is 22.5 Å². The molecule has 1 aliphatic heterocycles. The maximum atomic E-state index is 12.9. The first-order valence-corrected chi connectivity index (χ1v) is 13.1. The van der Waals surface area contributed by atoms with Gasteiger partial charge in [-0.3, -0.25) is 4.79 Å². The molecule has 1 aliphatic rings. The Kier molecular flexibility index (Phi) is 7.80. The van der Waals surface area contributed by atoms with Crippen LogP contribution in [0.3, 0.4) is 0 Å². The number of carbonyl (C=O) groups is 1. The molecule has 3 rings (SSSR count). The van der Waals surface area contributed by atoms with E-state index >= 15 is 0 Å². The van der Waals surface area contributed by atoms with Gasteiger partial charge in [-0.1, -0.05) is 59.3 Å². The fourth-order valence-corrected chi connectivity index (χ4v) is 7.02. The Balaban J connectivity index is 1.66. The number of halogens is 2. The Morgan fingerprint density at radius 3 is 2.76 bits per heavy atom. The SMILES string of the molecule is CCSc1nnc(NC(=O)[C@H]2CCCN(S(=O)(=O)Cc3c(Cl)cccc3Cl)C2)s1. The van der Waals surface area contributed by atoms with Crippen molar-refractivity contribution >= 4 is 67.4 Å². The molecular weight excluding hydrogens is 475 g/mol. The number of nitrogens with zero attached hydrogens (tertiary/aromatic N) is 3. The van der Waals surface area contributed by atoms with Gasteiger partial charge in [0.1, 0.15) is 0 Å². The molecule has 1 aromatic heterocycles. The number of thioether (sulfide) groups is 1. The Hall–Kier alpha value is -0.910. The van der Waals surface area contributed by atoms with Gasteiger partial charge in [0.15, 0.2) is 4.34 Å². The van der Waals surface area contributed by atoms with E-state index in [1.54, 1.807) is 30.0 Å². The molecule has 7 nitrogen and oxygen atoms in total. The summed E-state index contributed by atoms with van der Waals surface area (Å²) in [7, 11) is -3.67. The Bertz CT molecular complexity index is 964. The van der Waals surface area contributed by atoms with Crippen LogP contribution < -0.4 is 5.32 Å². The zero-order chi connectivity index (χ0) is 21.0. The molecule has 12 heteroatoms. The highest BCUT2D eigenvalue weighted by molar-refractivity contribution is 8.01. The number of benzene rings is 1. The van der Waals surface area contributed by atoms with Crippen molar-refractivity contribution in [2.24, 2.45) is 5.92 Å². The summed E-state index contributed by atoms with van der Waals surface area (Å²) in [6, 6.07) is 4.88. The van der Waals surface area contributed by atoms with E-state index in [1.165, 1.54) is 15.6 Å². The predicted molar refractivity (Wildman–Crippen MR) is 118 cm³/mol. The lowest BCUT2D eigenvalue weighted by Crippen LogP contribution is -2.44. The number of sulfonamides is 1. The van der Waals surface area contributed by atoms with Crippen molar-refractivity contribution < 1.29 is 13.2 Å². The lowest BCUT2D eigenvalue weighted by Gasteiger charge is -2.31. The lowest BCUT2D eigenvalue weighted by molar-refractivity contribution is -0.120. The third-order valence-electron chi connectivity index (χ3n) is 4.44. The fourth-order valence-electron chi connectivity index (χ4n) is 3.00. The summed E-state index contributed by atoms with van der Waals surface area (Å²) in [5, 5.41) is 11.8. The highest BCUT2D eigenvalue weighted by Gasteiger charge is 2.33. The molecule has 1 N–H and O–H groups in total. The van der Waals surface area contributed by atoms with Gasteiger partial charge >= 0.3 is 0 Å². The summed E-state index contributed by atoms with van der Waals surface area (Å²) < 4.78 is 28.0. The number of carbonyl (C=O) groups excluding carboxylic acids is 1. The highest BCUT2D eigenvalue weighted by Crippen LogP contribution is 2.30. The van der Waals surface area contributed by atoms with Gasteiger partial charge < -0.3 is 5.32 Å². The molecule has 0 aliphatic carbocycles. The van der Waals surface area contributed by atoms with Gasteiger partial charge in [0.25, 0.3) is 0 Å². The van der Waals surface area contributed by atoms with Crippen LogP contribution in [0.2, 0.25) is 10.0 Å². The van der Waals surface area contributed by atoms with Crippen LogP contribution in [0.4, 0.5) is 5.13 Å². The van der Waals surface area contributed by atoms with Crippen LogP contribution in [-0.4, -0.2) is 47.7 Å². The Labute approximate surface area is 188 Å². The topological polar surface area (TPSA) is 92.3 Å². The van der Waals surface area contributed by atoms with Crippen molar-refractivity contribution in [2.75, 3.05) is 24.2 Å². The van der Waals surface area contributed by atoms with E-state index in [2.05, 4.69) is 15.5 Å². The van der Waals surface area contributed by atoms with E-state index in [1.807, 2.05) is 6.92 Å². The first-order valence-electron chi connectivity index (χ1n) is 8.98. The number of rotatable bonds is 7. The number of anilines is 1. The summed E-state index contributed by atoms with van der Waals surface area (Å²) in [6.45, 7) is 2.49. The molecule has 1 aromatic carbocycles. The van der Waals surface area contributed by atoms with Crippen molar-refractivity contribution in [1.29, 1.82) is 0 Å². The second-order valence-corrected chi connectivity index (χ2v) is 11.7. The minimum atomic E-state index is -3.67. The van der Waals surface area contributed by atoms with Gasteiger partial charge in [0.2, 0.25) is 21.1 Å². The molecule has 0 radical (unpaired) electrons. The van der Waals surface area contributed by atoms with Gasteiger partial charge in [-0.05, 0) is 30.7 Å². The van der Waals surface area contributed by atoms with Gasteiger partial charge in [0.05, 0.1) is 11.7 Å². The van der Waals surface area contributed by atoms with Crippen LogP contribution in [-0.2, 0) is 20.6 Å². The van der Waals surface area contributed by atoms with E-state index in [0.29, 0.717) is 40.1 Å².